The van der Waals surface area contributed by atoms with Crippen molar-refractivity contribution in [2.75, 3.05) is 20.0 Å². The van der Waals surface area contributed by atoms with Crippen LogP contribution in [-0.4, -0.2) is 31.7 Å². The molecule has 1 aliphatic heterocycles. The minimum absolute atomic E-state index is 0.0774. The first-order valence-corrected chi connectivity index (χ1v) is 3.91. The third-order valence-electron chi connectivity index (χ3n) is 1.39. The number of rotatable bonds is 2. The molecule has 0 saturated carbocycles. The zero-order valence-corrected chi connectivity index (χ0v) is 7.42. The SMILES string of the molecule is CC(C)(C)OCC1COCO1. The highest BCUT2D eigenvalue weighted by molar-refractivity contribution is 4.64. The standard InChI is InChI=1S/C8H16O3/c1-8(2,3)11-5-7-4-9-6-10-7/h7H,4-6H2,1-3H3. The molecule has 0 aromatic carbocycles. The summed E-state index contributed by atoms with van der Waals surface area (Å²) < 4.78 is 15.7. The van der Waals surface area contributed by atoms with Gasteiger partial charge in [0.05, 0.1) is 18.8 Å². The van der Waals surface area contributed by atoms with Gasteiger partial charge in [-0.05, 0) is 20.8 Å². The highest BCUT2D eigenvalue weighted by atomic mass is 16.7. The van der Waals surface area contributed by atoms with Gasteiger partial charge in [-0.1, -0.05) is 0 Å². The molecule has 1 heterocycles. The largest absolute Gasteiger partial charge is 0.373 e. The van der Waals surface area contributed by atoms with Crippen molar-refractivity contribution in [1.82, 2.24) is 0 Å². The zero-order chi connectivity index (χ0) is 8.32. The smallest absolute Gasteiger partial charge is 0.147 e. The maximum atomic E-state index is 5.51. The van der Waals surface area contributed by atoms with Crippen LogP contribution in [0.25, 0.3) is 0 Å². The van der Waals surface area contributed by atoms with E-state index in [9.17, 15) is 0 Å². The molecule has 3 heteroatoms. The second kappa shape index (κ2) is 3.52. The fourth-order valence-electron chi connectivity index (χ4n) is 0.811. The van der Waals surface area contributed by atoms with E-state index in [1.165, 1.54) is 0 Å². The van der Waals surface area contributed by atoms with Gasteiger partial charge in [-0.15, -0.1) is 0 Å². The van der Waals surface area contributed by atoms with E-state index in [0.717, 1.165) is 0 Å². The molecule has 0 aliphatic carbocycles. The lowest BCUT2D eigenvalue weighted by Gasteiger charge is -2.21. The number of hydrogen-bond donors (Lipinski definition) is 0. The van der Waals surface area contributed by atoms with E-state index in [1.807, 2.05) is 20.8 Å². The second-order valence-corrected chi connectivity index (χ2v) is 3.70. The molecule has 11 heavy (non-hydrogen) atoms. The Balaban J connectivity index is 2.11. The van der Waals surface area contributed by atoms with E-state index in [4.69, 9.17) is 14.2 Å². The maximum absolute atomic E-state index is 5.51. The van der Waals surface area contributed by atoms with Crippen LogP contribution in [0, 0.1) is 0 Å². The van der Waals surface area contributed by atoms with Crippen LogP contribution in [0.5, 0.6) is 0 Å². The van der Waals surface area contributed by atoms with Crippen LogP contribution < -0.4 is 0 Å². The third-order valence-corrected chi connectivity index (χ3v) is 1.39. The molecule has 1 fully saturated rings. The van der Waals surface area contributed by atoms with Crippen LogP contribution in [0.1, 0.15) is 20.8 Å². The van der Waals surface area contributed by atoms with Crippen molar-refractivity contribution >= 4 is 0 Å². The molecule has 0 aromatic rings. The average Bonchev–Trinajstić information content (AvgIpc) is 2.32. The monoisotopic (exact) mass is 160 g/mol. The van der Waals surface area contributed by atoms with Gasteiger partial charge in [0, 0.05) is 0 Å². The van der Waals surface area contributed by atoms with Gasteiger partial charge < -0.3 is 14.2 Å². The van der Waals surface area contributed by atoms with Crippen LogP contribution in [0.15, 0.2) is 0 Å². The van der Waals surface area contributed by atoms with E-state index in [1.54, 1.807) is 0 Å². The highest BCUT2D eigenvalue weighted by Crippen LogP contribution is 2.10. The molecule has 0 N–H and O–H groups in total. The topological polar surface area (TPSA) is 27.7 Å². The van der Waals surface area contributed by atoms with Gasteiger partial charge in [0.25, 0.3) is 0 Å². The van der Waals surface area contributed by atoms with Gasteiger partial charge >= 0.3 is 0 Å². The normalized spacial score (nSPS) is 25.9. The molecular weight excluding hydrogens is 144 g/mol. The van der Waals surface area contributed by atoms with Crippen molar-refractivity contribution in [2.45, 2.75) is 32.5 Å². The van der Waals surface area contributed by atoms with Gasteiger partial charge in [-0.2, -0.15) is 0 Å². The van der Waals surface area contributed by atoms with E-state index in [2.05, 4.69) is 0 Å². The highest BCUT2D eigenvalue weighted by Gasteiger charge is 2.19. The van der Waals surface area contributed by atoms with Gasteiger partial charge in [0.1, 0.15) is 12.9 Å². The van der Waals surface area contributed by atoms with Crippen molar-refractivity contribution in [1.29, 1.82) is 0 Å². The Hall–Kier alpha value is -0.120. The molecule has 1 aliphatic rings. The van der Waals surface area contributed by atoms with Crippen LogP contribution in [0.3, 0.4) is 0 Å². The van der Waals surface area contributed by atoms with Crippen molar-refractivity contribution < 1.29 is 14.2 Å². The minimum Gasteiger partial charge on any atom is -0.373 e. The number of hydrogen-bond acceptors (Lipinski definition) is 3. The van der Waals surface area contributed by atoms with Crippen LogP contribution in [0.2, 0.25) is 0 Å². The summed E-state index contributed by atoms with van der Waals surface area (Å²) in [5.74, 6) is 0. The molecule has 1 saturated heterocycles. The molecule has 0 spiro atoms. The molecule has 1 atom stereocenters. The van der Waals surface area contributed by atoms with Crippen molar-refractivity contribution in [3.63, 3.8) is 0 Å². The summed E-state index contributed by atoms with van der Waals surface area (Å²) in [7, 11) is 0. The lowest BCUT2D eigenvalue weighted by atomic mass is 10.2. The predicted octanol–water partition coefficient (Wildman–Crippen LogP) is 1.17. The van der Waals surface area contributed by atoms with Crippen molar-refractivity contribution in [2.24, 2.45) is 0 Å². The Labute approximate surface area is 67.6 Å². The zero-order valence-electron chi connectivity index (χ0n) is 7.42. The Morgan fingerprint density at radius 1 is 1.45 bits per heavy atom. The van der Waals surface area contributed by atoms with Gasteiger partial charge in [0.15, 0.2) is 0 Å². The average molecular weight is 160 g/mol. The van der Waals surface area contributed by atoms with E-state index < -0.39 is 0 Å². The molecule has 3 nitrogen and oxygen atoms in total. The molecule has 0 bridgehead atoms. The Morgan fingerprint density at radius 2 is 2.18 bits per heavy atom. The van der Waals surface area contributed by atoms with E-state index in [0.29, 0.717) is 20.0 Å². The summed E-state index contributed by atoms with van der Waals surface area (Å²) in [6.07, 6.45) is 0.134. The molecule has 0 aromatic heterocycles. The van der Waals surface area contributed by atoms with Gasteiger partial charge in [0.2, 0.25) is 0 Å². The molecule has 1 unspecified atom stereocenters. The van der Waals surface area contributed by atoms with Crippen LogP contribution in [0.4, 0.5) is 0 Å². The first-order chi connectivity index (χ1) is 5.08. The summed E-state index contributed by atoms with van der Waals surface area (Å²) in [6, 6.07) is 0. The first kappa shape index (κ1) is 8.97. The summed E-state index contributed by atoms with van der Waals surface area (Å²) in [4.78, 5) is 0. The second-order valence-electron chi connectivity index (χ2n) is 3.70. The molecule has 0 radical (unpaired) electrons. The Bertz CT molecular complexity index is 111. The minimum atomic E-state index is -0.0774. The predicted molar refractivity (Wildman–Crippen MR) is 41.4 cm³/mol. The Morgan fingerprint density at radius 3 is 2.64 bits per heavy atom. The number of ether oxygens (including phenoxy) is 3. The first-order valence-electron chi connectivity index (χ1n) is 3.91. The lowest BCUT2D eigenvalue weighted by molar-refractivity contribution is -0.0550. The third kappa shape index (κ3) is 3.70. The summed E-state index contributed by atoms with van der Waals surface area (Å²) >= 11 is 0. The van der Waals surface area contributed by atoms with Crippen molar-refractivity contribution in [3.05, 3.63) is 0 Å². The molecule has 1 rings (SSSR count). The Kier molecular flexibility index (Phi) is 2.87. The fraction of sp³-hybridized carbons (Fsp3) is 1.00. The van der Waals surface area contributed by atoms with Gasteiger partial charge in [-0.25, -0.2) is 0 Å². The summed E-state index contributed by atoms with van der Waals surface area (Å²) in [6.45, 7) is 7.80. The molecule has 0 amide bonds. The molecule has 66 valence electrons. The van der Waals surface area contributed by atoms with Crippen LogP contribution >= 0.6 is 0 Å². The van der Waals surface area contributed by atoms with Crippen molar-refractivity contribution in [3.8, 4) is 0 Å². The van der Waals surface area contributed by atoms with E-state index >= 15 is 0 Å². The van der Waals surface area contributed by atoms with E-state index in [-0.39, 0.29) is 11.7 Å². The lowest BCUT2D eigenvalue weighted by Crippen LogP contribution is -2.27. The van der Waals surface area contributed by atoms with Crippen LogP contribution in [-0.2, 0) is 14.2 Å². The fourth-order valence-corrected chi connectivity index (χ4v) is 0.811. The summed E-state index contributed by atoms with van der Waals surface area (Å²) in [5.41, 5.74) is -0.0774. The quantitative estimate of drug-likeness (QED) is 0.607. The van der Waals surface area contributed by atoms with Gasteiger partial charge in [-0.3, -0.25) is 0 Å². The summed E-state index contributed by atoms with van der Waals surface area (Å²) in [5, 5.41) is 0. The molecular formula is C8H16O3. The maximum Gasteiger partial charge on any atom is 0.147 e.